The minimum Gasteiger partial charge on any atom is -0.481 e. The molecule has 0 atom stereocenters. The lowest BCUT2D eigenvalue weighted by atomic mass is 10.4. The molecule has 0 unspecified atom stereocenters. The van der Waals surface area contributed by atoms with E-state index in [1.807, 2.05) is 0 Å². The van der Waals surface area contributed by atoms with E-state index in [0.29, 0.717) is 0 Å². The first-order chi connectivity index (χ1) is 9.97. The Balaban J connectivity index is 0. The Bertz CT molecular complexity index is 188. The zero-order valence-corrected chi connectivity index (χ0v) is 16.2. The van der Waals surface area contributed by atoms with Gasteiger partial charge in [-0.25, -0.2) is 0 Å². The van der Waals surface area contributed by atoms with Crippen LogP contribution in [0.25, 0.3) is 0 Å². The van der Waals surface area contributed by atoms with Crippen LogP contribution in [0.2, 0.25) is 0 Å². The summed E-state index contributed by atoms with van der Waals surface area (Å²) in [5, 5.41) is 7.42. The van der Waals surface area contributed by atoms with Crippen molar-refractivity contribution >= 4 is 13.2 Å². The zero-order valence-electron chi connectivity index (χ0n) is 15.3. The third kappa shape index (κ3) is 16.1. The van der Waals surface area contributed by atoms with Crippen molar-refractivity contribution in [2.45, 2.75) is 86.0 Å². The van der Waals surface area contributed by atoms with Crippen molar-refractivity contribution in [2.75, 3.05) is 24.6 Å². The minimum atomic E-state index is -0.833. The van der Waals surface area contributed by atoms with Gasteiger partial charge in [0.15, 0.2) is 0 Å². The molecule has 0 aliphatic rings. The molecular weight excluding hydrogens is 279 g/mol. The van der Waals surface area contributed by atoms with Crippen LogP contribution in [0.5, 0.6) is 0 Å². The van der Waals surface area contributed by atoms with Gasteiger partial charge in [0, 0.05) is 14.2 Å². The van der Waals surface area contributed by atoms with Crippen LogP contribution >= 0.6 is 7.26 Å². The van der Waals surface area contributed by atoms with Crippen molar-refractivity contribution in [2.24, 2.45) is 0 Å². The summed E-state index contributed by atoms with van der Waals surface area (Å²) in [7, 11) is -0.562. The van der Waals surface area contributed by atoms with Crippen molar-refractivity contribution in [3.63, 3.8) is 0 Å². The second-order valence-corrected chi connectivity index (χ2v) is 10.6. The molecule has 0 aromatic rings. The van der Waals surface area contributed by atoms with Gasteiger partial charge in [0.2, 0.25) is 0 Å². The van der Waals surface area contributed by atoms with Gasteiger partial charge in [-0.2, -0.15) is 0 Å². The van der Waals surface area contributed by atoms with Gasteiger partial charge in [-0.15, -0.1) is 0 Å². The molecule has 0 bridgehead atoms. The standard InChI is InChI=1S/C16H36P.C2H4O2/c1-5-9-13-17(14-10-6-2,15-11-7-3)16-12-8-4;1-2(3)4/h5-16H2,1-4H3;1H3,(H,3,4)/q+1;. The summed E-state index contributed by atoms with van der Waals surface area (Å²) in [5.41, 5.74) is 0. The molecule has 3 heteroatoms. The van der Waals surface area contributed by atoms with Crippen LogP contribution in [0.4, 0.5) is 0 Å². The normalized spacial score (nSPS) is 10.9. The van der Waals surface area contributed by atoms with E-state index in [4.69, 9.17) is 9.90 Å². The number of rotatable bonds is 12. The Morgan fingerprint density at radius 3 is 1.05 bits per heavy atom. The van der Waals surface area contributed by atoms with Crippen LogP contribution in [0.1, 0.15) is 86.0 Å². The minimum absolute atomic E-state index is 0.562. The third-order valence-electron chi connectivity index (χ3n) is 3.94. The highest BCUT2D eigenvalue weighted by molar-refractivity contribution is 7.75. The lowest BCUT2D eigenvalue weighted by molar-refractivity contribution is -0.134. The highest BCUT2D eigenvalue weighted by atomic mass is 31.2. The first-order valence-corrected chi connectivity index (χ1v) is 11.6. The summed E-state index contributed by atoms with van der Waals surface area (Å²) in [4.78, 5) is 9.00. The molecule has 0 amide bonds. The fourth-order valence-electron chi connectivity index (χ4n) is 2.64. The van der Waals surface area contributed by atoms with E-state index in [-0.39, 0.29) is 0 Å². The zero-order chi connectivity index (χ0) is 16.6. The van der Waals surface area contributed by atoms with Gasteiger partial charge in [-0.3, -0.25) is 4.79 Å². The van der Waals surface area contributed by atoms with Crippen LogP contribution in [0.3, 0.4) is 0 Å². The van der Waals surface area contributed by atoms with E-state index in [2.05, 4.69) is 27.7 Å². The Labute approximate surface area is 134 Å². The largest absolute Gasteiger partial charge is 0.481 e. The van der Waals surface area contributed by atoms with Crippen molar-refractivity contribution in [3.8, 4) is 0 Å². The van der Waals surface area contributed by atoms with Crippen LogP contribution < -0.4 is 0 Å². The Hall–Kier alpha value is -0.100. The molecule has 0 saturated carbocycles. The van der Waals surface area contributed by atoms with E-state index in [1.165, 1.54) is 51.4 Å². The molecule has 0 fully saturated rings. The molecule has 0 aliphatic heterocycles. The summed E-state index contributed by atoms with van der Waals surface area (Å²) in [6.07, 6.45) is 17.9. The maximum absolute atomic E-state index is 9.00. The van der Waals surface area contributed by atoms with Crippen molar-refractivity contribution in [1.29, 1.82) is 0 Å². The summed E-state index contributed by atoms with van der Waals surface area (Å²) < 4.78 is 0. The Morgan fingerprint density at radius 1 is 0.714 bits per heavy atom. The summed E-state index contributed by atoms with van der Waals surface area (Å²) in [5.74, 6) is -0.833. The van der Waals surface area contributed by atoms with Gasteiger partial charge in [0.25, 0.3) is 5.97 Å². The molecule has 1 N–H and O–H groups in total. The molecule has 128 valence electrons. The van der Waals surface area contributed by atoms with E-state index in [1.54, 1.807) is 24.6 Å². The third-order valence-corrected chi connectivity index (χ3v) is 9.00. The number of carbonyl (C=O) groups is 1. The molecular formula is C18H40O2P+. The van der Waals surface area contributed by atoms with Gasteiger partial charge in [-0.1, -0.05) is 53.4 Å². The number of carboxylic acid groups (broad SMARTS) is 1. The Morgan fingerprint density at radius 2 is 0.905 bits per heavy atom. The predicted molar refractivity (Wildman–Crippen MR) is 99.3 cm³/mol. The molecule has 0 heterocycles. The fourth-order valence-corrected chi connectivity index (χ4v) is 7.93. The molecule has 0 aromatic carbocycles. The highest BCUT2D eigenvalue weighted by Crippen LogP contribution is 2.61. The number of aliphatic carboxylic acids is 1. The molecule has 0 aliphatic carbocycles. The SMILES string of the molecule is CC(=O)O.CCCC[P+](CCCC)(CCCC)CCCC. The number of hydrogen-bond donors (Lipinski definition) is 1. The molecule has 0 aromatic heterocycles. The smallest absolute Gasteiger partial charge is 0.300 e. The highest BCUT2D eigenvalue weighted by Gasteiger charge is 2.34. The second kappa shape index (κ2) is 16.3. The first-order valence-electron chi connectivity index (χ1n) is 9.02. The molecule has 21 heavy (non-hydrogen) atoms. The van der Waals surface area contributed by atoms with Gasteiger partial charge in [-0.05, 0) is 25.7 Å². The monoisotopic (exact) mass is 319 g/mol. The predicted octanol–water partition coefficient (Wildman–Crippen LogP) is 6.30. The lowest BCUT2D eigenvalue weighted by Gasteiger charge is -2.28. The second-order valence-electron chi connectivity index (χ2n) is 6.17. The topological polar surface area (TPSA) is 37.3 Å². The van der Waals surface area contributed by atoms with E-state index in [0.717, 1.165) is 6.92 Å². The molecule has 2 nitrogen and oxygen atoms in total. The Kier molecular flexibility index (Phi) is 18.0. The molecule has 0 radical (unpaired) electrons. The van der Waals surface area contributed by atoms with Crippen molar-refractivity contribution < 1.29 is 9.90 Å². The number of unbranched alkanes of at least 4 members (excludes halogenated alkanes) is 4. The van der Waals surface area contributed by atoms with Crippen LogP contribution in [-0.4, -0.2) is 35.7 Å². The van der Waals surface area contributed by atoms with E-state index < -0.39 is 13.2 Å². The molecule has 0 saturated heterocycles. The number of carboxylic acids is 1. The van der Waals surface area contributed by atoms with Crippen molar-refractivity contribution in [1.82, 2.24) is 0 Å². The lowest BCUT2D eigenvalue weighted by Crippen LogP contribution is -2.12. The van der Waals surface area contributed by atoms with Crippen LogP contribution in [-0.2, 0) is 4.79 Å². The van der Waals surface area contributed by atoms with Gasteiger partial charge in [0.05, 0.1) is 24.6 Å². The van der Waals surface area contributed by atoms with Crippen LogP contribution in [0.15, 0.2) is 0 Å². The first kappa shape index (κ1) is 23.2. The summed E-state index contributed by atoms with van der Waals surface area (Å²) in [6, 6.07) is 0. The average Bonchev–Trinajstić information content (AvgIpc) is 2.45. The molecule has 0 rings (SSSR count). The average molecular weight is 319 g/mol. The quantitative estimate of drug-likeness (QED) is 0.429. The van der Waals surface area contributed by atoms with Gasteiger partial charge in [0.1, 0.15) is 0 Å². The van der Waals surface area contributed by atoms with Gasteiger partial charge >= 0.3 is 0 Å². The van der Waals surface area contributed by atoms with Gasteiger partial charge < -0.3 is 5.11 Å². The van der Waals surface area contributed by atoms with Crippen molar-refractivity contribution in [3.05, 3.63) is 0 Å². The maximum atomic E-state index is 9.00. The fraction of sp³-hybridized carbons (Fsp3) is 0.944. The summed E-state index contributed by atoms with van der Waals surface area (Å²) in [6.45, 7) is 10.5. The van der Waals surface area contributed by atoms with E-state index in [9.17, 15) is 0 Å². The summed E-state index contributed by atoms with van der Waals surface area (Å²) >= 11 is 0. The van der Waals surface area contributed by atoms with Crippen LogP contribution in [0, 0.1) is 0 Å². The molecule has 0 spiro atoms. The maximum Gasteiger partial charge on any atom is 0.300 e. The number of hydrogen-bond acceptors (Lipinski definition) is 1. The van der Waals surface area contributed by atoms with E-state index >= 15 is 0 Å².